The van der Waals surface area contributed by atoms with E-state index in [1.807, 2.05) is 36.6 Å². The monoisotopic (exact) mass is 664 g/mol. The van der Waals surface area contributed by atoms with Gasteiger partial charge in [0.05, 0.1) is 38.2 Å². The van der Waals surface area contributed by atoms with Gasteiger partial charge in [-0.1, -0.05) is 65.7 Å². The molecule has 0 aliphatic heterocycles. The quantitative estimate of drug-likeness (QED) is 0.165. The molecule has 0 saturated heterocycles. The fourth-order valence-electron chi connectivity index (χ4n) is 5.14. The number of carbonyl (C=O) groups is 1. The molecule has 45 heavy (non-hydrogen) atoms. The van der Waals surface area contributed by atoms with E-state index in [9.17, 15) is 18.0 Å². The van der Waals surface area contributed by atoms with Crippen molar-refractivity contribution in [3.8, 4) is 11.4 Å². The summed E-state index contributed by atoms with van der Waals surface area (Å²) >= 11 is 12.7. The van der Waals surface area contributed by atoms with Crippen LogP contribution >= 0.6 is 23.2 Å². The average Bonchev–Trinajstić information content (AvgIpc) is 3.43. The van der Waals surface area contributed by atoms with Gasteiger partial charge in [-0.05, 0) is 63.2 Å². The molecule has 2 aromatic heterocycles. The summed E-state index contributed by atoms with van der Waals surface area (Å²) in [6, 6.07) is 23.7. The van der Waals surface area contributed by atoms with Crippen molar-refractivity contribution < 1.29 is 13.2 Å². The lowest BCUT2D eigenvalue weighted by Crippen LogP contribution is -2.42. The molecule has 0 fully saturated rings. The van der Waals surface area contributed by atoms with Crippen LogP contribution in [-0.4, -0.2) is 41.0 Å². The van der Waals surface area contributed by atoms with Crippen molar-refractivity contribution >= 4 is 51.0 Å². The minimum atomic E-state index is -4.34. The lowest BCUT2D eigenvalue weighted by molar-refractivity contribution is -0.119. The predicted molar refractivity (Wildman–Crippen MR) is 178 cm³/mol. The summed E-state index contributed by atoms with van der Waals surface area (Å²) in [7, 11) is -2.69. The molecule has 10 nitrogen and oxygen atoms in total. The SMILES string of the molecule is Cc1cc(/C=N/NC(=O)CN(c2c(C)n(C)n(-c3ccccc3)c2=O)S(=O)(=O)c2ccccc2)c(C)n1-c1cccc(Cl)c1Cl. The molecule has 232 valence electrons. The van der Waals surface area contributed by atoms with Crippen molar-refractivity contribution in [2.24, 2.45) is 12.1 Å². The Morgan fingerprint density at radius 2 is 1.58 bits per heavy atom. The second-order valence-corrected chi connectivity index (χ2v) is 12.9. The molecule has 0 bridgehead atoms. The first kappa shape index (κ1) is 31.8. The summed E-state index contributed by atoms with van der Waals surface area (Å²) in [5, 5.41) is 4.92. The summed E-state index contributed by atoms with van der Waals surface area (Å²) < 4.78 is 33.5. The van der Waals surface area contributed by atoms with Crippen LogP contribution in [0, 0.1) is 20.8 Å². The fourth-order valence-corrected chi connectivity index (χ4v) is 7.01. The average molecular weight is 666 g/mol. The third kappa shape index (κ3) is 6.06. The molecule has 0 aliphatic rings. The largest absolute Gasteiger partial charge is 0.316 e. The third-order valence-corrected chi connectivity index (χ3v) is 10.00. The first-order valence-corrected chi connectivity index (χ1v) is 16.0. The molecule has 0 atom stereocenters. The van der Waals surface area contributed by atoms with Crippen molar-refractivity contribution in [3.05, 3.63) is 128 Å². The van der Waals surface area contributed by atoms with Crippen LogP contribution in [0.2, 0.25) is 10.0 Å². The number of hydrazone groups is 1. The van der Waals surface area contributed by atoms with E-state index < -0.39 is 28.0 Å². The Morgan fingerprint density at radius 1 is 0.933 bits per heavy atom. The van der Waals surface area contributed by atoms with E-state index in [2.05, 4.69) is 10.5 Å². The Morgan fingerprint density at radius 3 is 2.24 bits per heavy atom. The fraction of sp³-hybridized carbons (Fsp3) is 0.156. The number of amides is 1. The van der Waals surface area contributed by atoms with Crippen LogP contribution in [-0.2, 0) is 21.9 Å². The molecule has 0 unspecified atom stereocenters. The van der Waals surface area contributed by atoms with Crippen molar-refractivity contribution in [1.82, 2.24) is 19.4 Å². The molecule has 1 N–H and O–H groups in total. The summed E-state index contributed by atoms with van der Waals surface area (Å²) in [6.07, 6.45) is 1.46. The minimum Gasteiger partial charge on any atom is -0.316 e. The highest BCUT2D eigenvalue weighted by atomic mass is 35.5. The second kappa shape index (κ2) is 12.8. The summed E-state index contributed by atoms with van der Waals surface area (Å²) in [5.41, 5.74) is 5.62. The highest BCUT2D eigenvalue weighted by Gasteiger charge is 2.33. The van der Waals surface area contributed by atoms with Gasteiger partial charge in [0.15, 0.2) is 0 Å². The van der Waals surface area contributed by atoms with Gasteiger partial charge in [-0.3, -0.25) is 14.3 Å². The minimum absolute atomic E-state index is 0.0673. The molecular formula is C32H30Cl2N6O4S. The number of nitrogens with one attached hydrogen (secondary N) is 1. The molecule has 3 aromatic carbocycles. The van der Waals surface area contributed by atoms with Gasteiger partial charge in [0.25, 0.3) is 21.5 Å². The predicted octanol–water partition coefficient (Wildman–Crippen LogP) is 5.54. The summed E-state index contributed by atoms with van der Waals surface area (Å²) in [4.78, 5) is 27.0. The molecule has 0 saturated carbocycles. The van der Waals surface area contributed by atoms with Gasteiger partial charge in [-0.25, -0.2) is 22.8 Å². The van der Waals surface area contributed by atoms with E-state index in [0.717, 1.165) is 15.7 Å². The third-order valence-electron chi connectivity index (χ3n) is 7.43. The molecule has 0 radical (unpaired) electrons. The normalized spacial score (nSPS) is 11.7. The molecule has 13 heteroatoms. The van der Waals surface area contributed by atoms with E-state index in [0.29, 0.717) is 32.7 Å². The number of anilines is 1. The Kier molecular flexibility index (Phi) is 9.06. The molecule has 0 spiro atoms. The van der Waals surface area contributed by atoms with Gasteiger partial charge in [-0.15, -0.1) is 0 Å². The Balaban J connectivity index is 1.47. The van der Waals surface area contributed by atoms with Crippen molar-refractivity contribution in [2.45, 2.75) is 25.7 Å². The van der Waals surface area contributed by atoms with E-state index in [1.54, 1.807) is 73.3 Å². The zero-order chi connectivity index (χ0) is 32.5. The van der Waals surface area contributed by atoms with Gasteiger partial charge in [-0.2, -0.15) is 5.10 Å². The van der Waals surface area contributed by atoms with Crippen LogP contribution in [0.4, 0.5) is 5.69 Å². The van der Waals surface area contributed by atoms with Gasteiger partial charge in [0.2, 0.25) is 0 Å². The van der Waals surface area contributed by atoms with Crippen LogP contribution in [0.3, 0.4) is 0 Å². The first-order valence-electron chi connectivity index (χ1n) is 13.8. The zero-order valence-electron chi connectivity index (χ0n) is 24.9. The number of aromatic nitrogens is 3. The maximum Gasteiger partial charge on any atom is 0.296 e. The molecule has 1 amide bonds. The zero-order valence-corrected chi connectivity index (χ0v) is 27.2. The van der Waals surface area contributed by atoms with Crippen LogP contribution in [0.5, 0.6) is 0 Å². The van der Waals surface area contributed by atoms with Crippen LogP contribution in [0.25, 0.3) is 11.4 Å². The molecule has 2 heterocycles. The number of para-hydroxylation sites is 1. The number of sulfonamides is 1. The molecule has 5 rings (SSSR count). The lowest BCUT2D eigenvalue weighted by atomic mass is 10.2. The van der Waals surface area contributed by atoms with E-state index in [4.69, 9.17) is 23.2 Å². The summed E-state index contributed by atoms with van der Waals surface area (Å²) in [6.45, 7) is 4.71. The van der Waals surface area contributed by atoms with Gasteiger partial charge in [0.1, 0.15) is 12.2 Å². The van der Waals surface area contributed by atoms with E-state index in [1.165, 1.54) is 23.0 Å². The Hall–Kier alpha value is -4.58. The number of benzene rings is 3. The van der Waals surface area contributed by atoms with Crippen molar-refractivity contribution in [2.75, 3.05) is 10.8 Å². The van der Waals surface area contributed by atoms with E-state index >= 15 is 0 Å². The topological polar surface area (TPSA) is 111 Å². The number of halogens is 2. The standard InChI is InChI=1S/C32H30Cl2N6O4S/c1-21-18-24(22(2)39(21)28-17-11-16-27(33)30(28)34)19-35-36-29(41)20-38(45(43,44)26-14-9-6-10-15-26)31-23(3)37(4)40(32(31)42)25-12-7-5-8-13-25/h5-19H,20H2,1-4H3,(H,36,41)/b35-19+. The van der Waals surface area contributed by atoms with Gasteiger partial charge >= 0.3 is 0 Å². The number of aryl methyl sites for hydroxylation is 1. The van der Waals surface area contributed by atoms with Crippen LogP contribution < -0.4 is 15.3 Å². The van der Waals surface area contributed by atoms with Gasteiger partial charge in [0, 0.05) is 24.0 Å². The van der Waals surface area contributed by atoms with Crippen molar-refractivity contribution in [3.63, 3.8) is 0 Å². The molecule has 0 aliphatic carbocycles. The second-order valence-electron chi connectivity index (χ2n) is 10.3. The highest BCUT2D eigenvalue weighted by Crippen LogP contribution is 2.31. The Bertz CT molecular complexity index is 2090. The smallest absolute Gasteiger partial charge is 0.296 e. The Labute approximate surface area is 270 Å². The van der Waals surface area contributed by atoms with Crippen LogP contribution in [0.1, 0.15) is 22.6 Å². The maximum absolute atomic E-state index is 13.9. The van der Waals surface area contributed by atoms with Crippen molar-refractivity contribution in [1.29, 1.82) is 0 Å². The number of hydrogen-bond acceptors (Lipinski definition) is 5. The maximum atomic E-state index is 13.9. The van der Waals surface area contributed by atoms with Crippen LogP contribution in [0.15, 0.2) is 99.7 Å². The van der Waals surface area contributed by atoms with Gasteiger partial charge < -0.3 is 4.57 Å². The van der Waals surface area contributed by atoms with E-state index in [-0.39, 0.29) is 10.6 Å². The molecule has 5 aromatic rings. The lowest BCUT2D eigenvalue weighted by Gasteiger charge is -2.22. The number of hydrogen-bond donors (Lipinski definition) is 1. The highest BCUT2D eigenvalue weighted by molar-refractivity contribution is 7.92. The number of nitrogens with zero attached hydrogens (tertiary/aromatic N) is 5. The first-order chi connectivity index (χ1) is 21.4. The number of rotatable bonds is 9. The number of carbonyl (C=O) groups excluding carboxylic acids is 1. The summed E-state index contributed by atoms with van der Waals surface area (Å²) in [5.74, 6) is -0.744. The molecular weight excluding hydrogens is 635 g/mol.